The highest BCUT2D eigenvalue weighted by molar-refractivity contribution is 7.99. The minimum absolute atomic E-state index is 0.116. The first-order valence-corrected chi connectivity index (χ1v) is 10.7. The average molecular weight is 378 g/mol. The van der Waals surface area contributed by atoms with Gasteiger partial charge in [0.2, 0.25) is 5.91 Å². The molecule has 0 unspecified atom stereocenters. The molecule has 0 atom stereocenters. The molecule has 1 aliphatic rings. The summed E-state index contributed by atoms with van der Waals surface area (Å²) >= 11 is 1.49. The van der Waals surface area contributed by atoms with Crippen molar-refractivity contribution in [3.05, 3.63) is 24.3 Å². The highest BCUT2D eigenvalue weighted by Crippen LogP contribution is 2.42. The van der Waals surface area contributed by atoms with Gasteiger partial charge in [-0.15, -0.1) is 11.8 Å². The van der Waals surface area contributed by atoms with Crippen LogP contribution in [0, 0.1) is 11.3 Å². The molecule has 0 bridgehead atoms. The number of aliphatic carboxylic acids is 1. The summed E-state index contributed by atoms with van der Waals surface area (Å²) in [4.78, 5) is 24.9. The fourth-order valence-electron chi connectivity index (χ4n) is 3.58. The second-order valence-electron chi connectivity index (χ2n) is 7.72. The number of anilines is 1. The van der Waals surface area contributed by atoms with E-state index >= 15 is 0 Å². The number of carboxylic acid groups (broad SMARTS) is 1. The number of carbonyl (C=O) groups excluding carboxylic acids is 1. The fourth-order valence-corrected chi connectivity index (χ4v) is 4.53. The van der Waals surface area contributed by atoms with Gasteiger partial charge in [0.25, 0.3) is 0 Å². The molecule has 0 radical (unpaired) electrons. The summed E-state index contributed by atoms with van der Waals surface area (Å²) in [5.41, 5.74) is 0.559. The van der Waals surface area contributed by atoms with E-state index in [1.165, 1.54) is 18.2 Å². The molecule has 0 saturated heterocycles. The number of hydrogen-bond acceptors (Lipinski definition) is 3. The first-order valence-electron chi connectivity index (χ1n) is 9.68. The largest absolute Gasteiger partial charge is 0.481 e. The van der Waals surface area contributed by atoms with Crippen molar-refractivity contribution in [2.24, 2.45) is 11.3 Å². The van der Waals surface area contributed by atoms with Gasteiger partial charge in [-0.1, -0.05) is 45.2 Å². The van der Waals surface area contributed by atoms with Gasteiger partial charge in [-0.2, -0.15) is 0 Å². The Bertz CT molecular complexity index is 609. The molecule has 1 fully saturated rings. The van der Waals surface area contributed by atoms with Crippen LogP contribution in [0.1, 0.15) is 65.2 Å². The number of nitrogens with one attached hydrogen (secondary N) is 1. The third-order valence-electron chi connectivity index (χ3n) is 5.20. The van der Waals surface area contributed by atoms with E-state index in [-0.39, 0.29) is 17.7 Å². The van der Waals surface area contributed by atoms with Crippen LogP contribution in [0.15, 0.2) is 29.2 Å². The normalized spacial score (nSPS) is 16.4. The van der Waals surface area contributed by atoms with Gasteiger partial charge >= 0.3 is 5.97 Å². The summed E-state index contributed by atoms with van der Waals surface area (Å²) in [5, 5.41) is 12.0. The Morgan fingerprint density at radius 1 is 1.19 bits per heavy atom. The van der Waals surface area contributed by atoms with Crippen molar-refractivity contribution >= 4 is 29.3 Å². The van der Waals surface area contributed by atoms with Crippen LogP contribution in [0.25, 0.3) is 0 Å². The maximum absolute atomic E-state index is 13.2. The standard InChI is InChI=1S/C21H31NO3S/c1-16(2)10-14-21(12-6-3-7-13-21)20(25)22-17-8-4-5-9-18(17)26-15-11-19(23)24/h4-5,8-9,16H,3,6-7,10-15H2,1-2H3,(H,22,25)(H,23,24). The van der Waals surface area contributed by atoms with Crippen molar-refractivity contribution in [3.8, 4) is 0 Å². The van der Waals surface area contributed by atoms with E-state index in [0.29, 0.717) is 11.7 Å². The number of hydrogen-bond donors (Lipinski definition) is 2. The molecule has 1 aliphatic carbocycles. The van der Waals surface area contributed by atoms with Crippen LogP contribution < -0.4 is 5.32 Å². The van der Waals surface area contributed by atoms with Gasteiger partial charge in [0.05, 0.1) is 12.1 Å². The van der Waals surface area contributed by atoms with Gasteiger partial charge in [0.1, 0.15) is 0 Å². The van der Waals surface area contributed by atoms with E-state index in [4.69, 9.17) is 5.11 Å². The zero-order valence-corrected chi connectivity index (χ0v) is 16.7. The molecular formula is C21H31NO3S. The molecule has 0 heterocycles. The summed E-state index contributed by atoms with van der Waals surface area (Å²) in [6.45, 7) is 4.42. The Balaban J connectivity index is 2.09. The van der Waals surface area contributed by atoms with Crippen molar-refractivity contribution < 1.29 is 14.7 Å². The second-order valence-corrected chi connectivity index (χ2v) is 8.85. The summed E-state index contributed by atoms with van der Waals surface area (Å²) < 4.78 is 0. The average Bonchev–Trinajstić information content (AvgIpc) is 2.62. The van der Waals surface area contributed by atoms with Gasteiger partial charge < -0.3 is 10.4 Å². The monoisotopic (exact) mass is 377 g/mol. The Morgan fingerprint density at radius 2 is 1.88 bits per heavy atom. The topological polar surface area (TPSA) is 66.4 Å². The predicted molar refractivity (Wildman–Crippen MR) is 108 cm³/mol. The predicted octanol–water partition coefficient (Wildman–Crippen LogP) is 5.58. The van der Waals surface area contributed by atoms with Crippen LogP contribution in [0.3, 0.4) is 0 Å². The first kappa shape index (κ1) is 20.8. The quantitative estimate of drug-likeness (QED) is 0.551. The Morgan fingerprint density at radius 3 is 2.54 bits per heavy atom. The molecule has 2 N–H and O–H groups in total. The summed E-state index contributed by atoms with van der Waals surface area (Å²) in [7, 11) is 0. The highest BCUT2D eigenvalue weighted by Gasteiger charge is 2.39. The maximum atomic E-state index is 13.2. The first-order chi connectivity index (χ1) is 12.4. The van der Waals surface area contributed by atoms with Crippen molar-refractivity contribution in [2.45, 2.75) is 70.1 Å². The Kier molecular flexibility index (Phi) is 8.01. The van der Waals surface area contributed by atoms with E-state index in [9.17, 15) is 9.59 Å². The molecule has 1 aromatic carbocycles. The summed E-state index contributed by atoms with van der Waals surface area (Å²) in [6.07, 6.45) is 7.55. The van der Waals surface area contributed by atoms with Gasteiger partial charge in [-0.25, -0.2) is 0 Å². The molecule has 0 spiro atoms. The maximum Gasteiger partial charge on any atom is 0.304 e. The van der Waals surface area contributed by atoms with E-state index in [2.05, 4.69) is 19.2 Å². The minimum atomic E-state index is -0.797. The van der Waals surface area contributed by atoms with Crippen LogP contribution in [-0.4, -0.2) is 22.7 Å². The summed E-state index contributed by atoms with van der Waals surface area (Å²) in [6, 6.07) is 7.70. The molecule has 2 rings (SSSR count). The SMILES string of the molecule is CC(C)CCC1(C(=O)Nc2ccccc2SCCC(=O)O)CCCCC1. The molecule has 1 amide bonds. The van der Waals surface area contributed by atoms with Gasteiger partial charge in [0.15, 0.2) is 0 Å². The third-order valence-corrected chi connectivity index (χ3v) is 6.28. The van der Waals surface area contributed by atoms with E-state index in [0.717, 1.165) is 49.1 Å². The van der Waals surface area contributed by atoms with Crippen LogP contribution in [0.5, 0.6) is 0 Å². The Labute approximate surface area is 161 Å². The number of rotatable bonds is 9. The summed E-state index contributed by atoms with van der Waals surface area (Å²) in [5.74, 6) is 0.444. The molecule has 144 valence electrons. The third kappa shape index (κ3) is 6.04. The number of benzene rings is 1. The molecule has 4 nitrogen and oxygen atoms in total. The van der Waals surface area contributed by atoms with Crippen LogP contribution >= 0.6 is 11.8 Å². The van der Waals surface area contributed by atoms with Crippen LogP contribution in [0.2, 0.25) is 0 Å². The zero-order valence-electron chi connectivity index (χ0n) is 15.9. The minimum Gasteiger partial charge on any atom is -0.481 e. The number of carbonyl (C=O) groups is 2. The van der Waals surface area contributed by atoms with E-state index in [1.807, 2.05) is 24.3 Å². The molecule has 1 saturated carbocycles. The zero-order chi connectivity index (χ0) is 19.0. The van der Waals surface area contributed by atoms with Crippen LogP contribution in [-0.2, 0) is 9.59 Å². The fraction of sp³-hybridized carbons (Fsp3) is 0.619. The van der Waals surface area contributed by atoms with Gasteiger partial charge in [-0.3, -0.25) is 9.59 Å². The van der Waals surface area contributed by atoms with Crippen molar-refractivity contribution in [1.82, 2.24) is 0 Å². The highest BCUT2D eigenvalue weighted by atomic mass is 32.2. The van der Waals surface area contributed by atoms with Crippen molar-refractivity contribution in [1.29, 1.82) is 0 Å². The smallest absolute Gasteiger partial charge is 0.304 e. The number of para-hydroxylation sites is 1. The van der Waals surface area contributed by atoms with E-state index in [1.54, 1.807) is 0 Å². The molecular weight excluding hydrogens is 346 g/mol. The van der Waals surface area contributed by atoms with Crippen LogP contribution in [0.4, 0.5) is 5.69 Å². The van der Waals surface area contributed by atoms with E-state index < -0.39 is 5.97 Å². The number of carboxylic acids is 1. The lowest BCUT2D eigenvalue weighted by atomic mass is 9.69. The van der Waals surface area contributed by atoms with Crippen molar-refractivity contribution in [3.63, 3.8) is 0 Å². The molecule has 0 aromatic heterocycles. The molecule has 5 heteroatoms. The molecule has 26 heavy (non-hydrogen) atoms. The van der Waals surface area contributed by atoms with Crippen molar-refractivity contribution in [2.75, 3.05) is 11.1 Å². The molecule has 0 aliphatic heterocycles. The second kappa shape index (κ2) is 10.0. The lowest BCUT2D eigenvalue weighted by molar-refractivity contribution is -0.136. The Hall–Kier alpha value is -1.49. The number of thioether (sulfide) groups is 1. The lowest BCUT2D eigenvalue weighted by Gasteiger charge is -2.36. The van der Waals surface area contributed by atoms with Gasteiger partial charge in [-0.05, 0) is 43.7 Å². The van der Waals surface area contributed by atoms with Gasteiger partial charge in [0, 0.05) is 16.1 Å². The lowest BCUT2D eigenvalue weighted by Crippen LogP contribution is -2.38. The molecule has 1 aromatic rings. The number of amides is 1.